The molecule has 0 saturated carbocycles. The van der Waals surface area contributed by atoms with Gasteiger partial charge < -0.3 is 9.57 Å². The fourth-order valence-corrected chi connectivity index (χ4v) is 3.48. The Morgan fingerprint density at radius 1 is 1.41 bits per heavy atom. The van der Waals surface area contributed by atoms with Gasteiger partial charge in [0.1, 0.15) is 31.1 Å². The zero-order chi connectivity index (χ0) is 19.4. The molecule has 0 fully saturated rings. The average molecular weight is 368 g/mol. The van der Waals surface area contributed by atoms with Crippen LogP contribution in [-0.4, -0.2) is 33.2 Å². The third-order valence-electron chi connectivity index (χ3n) is 4.90. The Balaban J connectivity index is 1.90. The van der Waals surface area contributed by atoms with Crippen LogP contribution >= 0.6 is 0 Å². The van der Waals surface area contributed by atoms with Gasteiger partial charge in [0.15, 0.2) is 0 Å². The van der Waals surface area contributed by atoms with Gasteiger partial charge in [-0.3, -0.25) is 0 Å². The number of hydrogen-bond acceptors (Lipinski definition) is 5. The lowest BCUT2D eigenvalue weighted by Crippen LogP contribution is -2.35. The Labute approximate surface area is 160 Å². The second-order valence-electron chi connectivity index (χ2n) is 7.92. The monoisotopic (exact) mass is 368 g/mol. The van der Waals surface area contributed by atoms with Crippen LogP contribution in [0.25, 0.3) is 0 Å². The van der Waals surface area contributed by atoms with Crippen molar-refractivity contribution >= 4 is 5.71 Å². The third-order valence-corrected chi connectivity index (χ3v) is 4.90. The number of hydrogen-bond donors (Lipinski definition) is 0. The van der Waals surface area contributed by atoms with Crippen LogP contribution in [0.1, 0.15) is 51.6 Å². The molecule has 6 nitrogen and oxygen atoms in total. The topological polar surface area (TPSA) is 61.5 Å². The predicted octanol–water partition coefficient (Wildman–Crippen LogP) is 4.38. The summed E-state index contributed by atoms with van der Waals surface area (Å²) in [6.07, 6.45) is 5.72. The first kappa shape index (κ1) is 19.1. The molecule has 27 heavy (non-hydrogen) atoms. The molecule has 3 rings (SSSR count). The van der Waals surface area contributed by atoms with Crippen molar-refractivity contribution in [2.24, 2.45) is 10.6 Å². The Hall–Kier alpha value is -2.63. The zero-order valence-electron chi connectivity index (χ0n) is 16.5. The fraction of sp³-hybridized carbons (Fsp3) is 0.476. The molecule has 2 heterocycles. The summed E-state index contributed by atoms with van der Waals surface area (Å²) in [4.78, 5) is 9.61. The molecule has 2 aromatic rings. The number of oxime groups is 1. The van der Waals surface area contributed by atoms with Crippen LogP contribution < -0.4 is 4.74 Å². The van der Waals surface area contributed by atoms with Crippen molar-refractivity contribution in [2.45, 2.75) is 52.2 Å². The smallest absolute Gasteiger partial charge is 0.137 e. The van der Waals surface area contributed by atoms with Crippen molar-refractivity contribution in [1.29, 1.82) is 0 Å². The molecular weight excluding hydrogens is 340 g/mol. The van der Waals surface area contributed by atoms with Gasteiger partial charge >= 0.3 is 0 Å². The quantitative estimate of drug-likeness (QED) is 0.315. The number of benzene rings is 1. The van der Waals surface area contributed by atoms with Gasteiger partial charge in [0, 0.05) is 23.3 Å². The van der Waals surface area contributed by atoms with Gasteiger partial charge in [-0.25, -0.2) is 9.67 Å². The molecule has 6 heteroatoms. The van der Waals surface area contributed by atoms with E-state index in [1.807, 2.05) is 16.8 Å². The Morgan fingerprint density at radius 3 is 2.81 bits per heavy atom. The number of aromatic nitrogens is 3. The van der Waals surface area contributed by atoms with E-state index in [9.17, 15) is 0 Å². The summed E-state index contributed by atoms with van der Waals surface area (Å²) < 4.78 is 8.11. The Morgan fingerprint density at radius 2 is 2.19 bits per heavy atom. The summed E-state index contributed by atoms with van der Waals surface area (Å²) in [6, 6.07) is 8.12. The van der Waals surface area contributed by atoms with E-state index in [0.29, 0.717) is 12.5 Å². The number of rotatable bonds is 7. The maximum atomic E-state index is 6.26. The first-order chi connectivity index (χ1) is 12.9. The lowest BCUT2D eigenvalue weighted by atomic mass is 9.82. The minimum Gasteiger partial charge on any atom is -0.489 e. The maximum Gasteiger partial charge on any atom is 0.137 e. The molecule has 0 aliphatic carbocycles. The fourth-order valence-electron chi connectivity index (χ4n) is 3.48. The number of ether oxygens (including phenoxy) is 1. The van der Waals surface area contributed by atoms with E-state index in [1.165, 1.54) is 5.56 Å². The van der Waals surface area contributed by atoms with Gasteiger partial charge in [-0.1, -0.05) is 63.7 Å². The van der Waals surface area contributed by atoms with Crippen molar-refractivity contribution in [3.8, 4) is 5.75 Å². The van der Waals surface area contributed by atoms with Crippen LogP contribution in [0.2, 0.25) is 0 Å². The minimum absolute atomic E-state index is 0.0311. The first-order valence-electron chi connectivity index (χ1n) is 9.32. The van der Waals surface area contributed by atoms with Crippen LogP contribution in [0.15, 0.2) is 54.7 Å². The Bertz CT molecular complexity index is 793. The van der Waals surface area contributed by atoms with E-state index in [4.69, 9.17) is 9.57 Å². The van der Waals surface area contributed by atoms with Gasteiger partial charge in [-0.15, -0.1) is 0 Å². The van der Waals surface area contributed by atoms with E-state index >= 15 is 0 Å². The molecule has 1 aliphatic rings. The van der Waals surface area contributed by atoms with E-state index in [0.717, 1.165) is 17.9 Å². The normalized spacial score (nSPS) is 20.7. The van der Waals surface area contributed by atoms with Crippen molar-refractivity contribution in [2.75, 3.05) is 6.61 Å². The van der Waals surface area contributed by atoms with Crippen LogP contribution in [0, 0.1) is 5.41 Å². The molecule has 3 unspecified atom stereocenters. The highest BCUT2D eigenvalue weighted by molar-refractivity contribution is 5.92. The van der Waals surface area contributed by atoms with Crippen LogP contribution in [0.3, 0.4) is 0 Å². The van der Waals surface area contributed by atoms with E-state index in [1.54, 1.807) is 18.7 Å². The summed E-state index contributed by atoms with van der Waals surface area (Å²) >= 11 is 0. The summed E-state index contributed by atoms with van der Waals surface area (Å²) in [5, 5.41) is 8.85. The Kier molecular flexibility index (Phi) is 5.63. The van der Waals surface area contributed by atoms with Crippen molar-refractivity contribution in [1.82, 2.24) is 14.8 Å². The molecule has 0 amide bonds. The van der Waals surface area contributed by atoms with Gasteiger partial charge in [-0.2, -0.15) is 5.10 Å². The number of nitrogens with zero attached hydrogens (tertiary/aromatic N) is 4. The predicted molar refractivity (Wildman–Crippen MR) is 106 cm³/mol. The SMILES string of the molecule is C=CCON=C(C(CC1Oc2ccccc2C1C)n1cncn1)C(C)(C)C. The van der Waals surface area contributed by atoms with Crippen molar-refractivity contribution in [3.63, 3.8) is 0 Å². The van der Waals surface area contributed by atoms with Gasteiger partial charge in [0.05, 0.1) is 11.8 Å². The zero-order valence-corrected chi connectivity index (χ0v) is 16.5. The number of fused-ring (bicyclic) bond motifs is 1. The highest BCUT2D eigenvalue weighted by atomic mass is 16.6. The average Bonchev–Trinajstić information content (AvgIpc) is 3.25. The molecule has 1 aromatic heterocycles. The summed E-state index contributed by atoms with van der Waals surface area (Å²) in [5.41, 5.74) is 1.95. The second kappa shape index (κ2) is 7.94. The molecular formula is C21H28N4O2. The largest absolute Gasteiger partial charge is 0.489 e. The number of para-hydroxylation sites is 1. The molecule has 0 saturated heterocycles. The molecule has 144 valence electrons. The maximum absolute atomic E-state index is 6.26. The van der Waals surface area contributed by atoms with Crippen molar-refractivity contribution in [3.05, 3.63) is 55.1 Å². The molecule has 0 spiro atoms. The van der Waals surface area contributed by atoms with Crippen LogP contribution in [0.5, 0.6) is 5.75 Å². The van der Waals surface area contributed by atoms with E-state index < -0.39 is 0 Å². The second-order valence-corrected chi connectivity index (χ2v) is 7.92. The van der Waals surface area contributed by atoms with Gasteiger partial charge in [0.2, 0.25) is 0 Å². The van der Waals surface area contributed by atoms with E-state index in [-0.39, 0.29) is 17.6 Å². The van der Waals surface area contributed by atoms with Crippen LogP contribution in [0.4, 0.5) is 0 Å². The molecule has 1 aliphatic heterocycles. The van der Waals surface area contributed by atoms with Crippen LogP contribution in [-0.2, 0) is 4.84 Å². The minimum atomic E-state index is -0.202. The van der Waals surface area contributed by atoms with E-state index in [2.05, 4.69) is 61.6 Å². The lowest BCUT2D eigenvalue weighted by molar-refractivity contribution is 0.160. The van der Waals surface area contributed by atoms with Gasteiger partial charge in [-0.05, 0) is 6.07 Å². The summed E-state index contributed by atoms with van der Waals surface area (Å²) in [6.45, 7) is 12.6. The molecule has 0 radical (unpaired) electrons. The first-order valence-corrected chi connectivity index (χ1v) is 9.32. The summed E-state index contributed by atoms with van der Waals surface area (Å²) in [7, 11) is 0. The highest BCUT2D eigenvalue weighted by Gasteiger charge is 2.38. The van der Waals surface area contributed by atoms with Crippen molar-refractivity contribution < 1.29 is 9.57 Å². The van der Waals surface area contributed by atoms with Gasteiger partial charge in [0.25, 0.3) is 0 Å². The summed E-state index contributed by atoms with van der Waals surface area (Å²) in [5.74, 6) is 1.26. The molecule has 1 aromatic carbocycles. The molecule has 0 N–H and O–H groups in total. The third kappa shape index (κ3) is 4.21. The molecule has 3 atom stereocenters. The standard InChI is InChI=1S/C21H28N4O2/c1-6-11-26-24-20(21(3,4)5)17(25-14-22-13-23-25)12-19-15(2)16-9-7-8-10-18(16)27-19/h6-10,13-15,17,19H,1,11-12H2,2-5H3. The molecule has 0 bridgehead atoms. The highest BCUT2D eigenvalue weighted by Crippen LogP contribution is 2.41. The lowest BCUT2D eigenvalue weighted by Gasteiger charge is -2.30.